The van der Waals surface area contributed by atoms with Gasteiger partial charge in [0.1, 0.15) is 0 Å². The van der Waals surface area contributed by atoms with Crippen LogP contribution >= 0.6 is 0 Å². The summed E-state index contributed by atoms with van der Waals surface area (Å²) >= 11 is 0. The number of rotatable bonds is 3. The zero-order chi connectivity index (χ0) is 12.4. The van der Waals surface area contributed by atoms with Crippen LogP contribution in [-0.4, -0.2) is 17.4 Å². The lowest BCUT2D eigenvalue weighted by Crippen LogP contribution is -2.25. The van der Waals surface area contributed by atoms with Gasteiger partial charge in [-0.3, -0.25) is 4.79 Å². The molecule has 0 spiro atoms. The Labute approximate surface area is 103 Å². The van der Waals surface area contributed by atoms with Crippen LogP contribution < -0.4 is 5.73 Å². The molecule has 1 atom stereocenters. The normalized spacial score (nSPS) is 20.3. The molecule has 0 aromatic heterocycles. The second-order valence-corrected chi connectivity index (χ2v) is 5.23. The van der Waals surface area contributed by atoms with E-state index in [-0.39, 0.29) is 5.91 Å². The van der Waals surface area contributed by atoms with E-state index in [2.05, 4.69) is 13.8 Å². The Kier molecular flexibility index (Phi) is 3.36. The van der Waals surface area contributed by atoms with Crippen LogP contribution in [0.4, 0.5) is 5.69 Å². The highest BCUT2D eigenvalue weighted by Crippen LogP contribution is 2.26. The third-order valence-electron chi connectivity index (χ3n) is 3.51. The number of hydrogen-bond acceptors (Lipinski definition) is 2. The van der Waals surface area contributed by atoms with Crippen LogP contribution in [0, 0.1) is 11.8 Å². The molecule has 92 valence electrons. The highest BCUT2D eigenvalue weighted by atomic mass is 16.2. The summed E-state index contributed by atoms with van der Waals surface area (Å²) in [6, 6.07) is 7.76. The highest BCUT2D eigenvalue weighted by molar-refractivity contribution is 5.78. The fraction of sp³-hybridized carbons (Fsp3) is 0.500. The van der Waals surface area contributed by atoms with E-state index in [9.17, 15) is 4.79 Å². The molecule has 1 aliphatic heterocycles. The largest absolute Gasteiger partial charge is 0.399 e. The van der Waals surface area contributed by atoms with Crippen molar-refractivity contribution in [2.75, 3.05) is 12.3 Å². The van der Waals surface area contributed by atoms with Gasteiger partial charge < -0.3 is 10.6 Å². The maximum absolute atomic E-state index is 11.9. The van der Waals surface area contributed by atoms with Gasteiger partial charge in [0.25, 0.3) is 0 Å². The number of anilines is 1. The minimum absolute atomic E-state index is 0.270. The summed E-state index contributed by atoms with van der Waals surface area (Å²) in [7, 11) is 0. The van der Waals surface area contributed by atoms with E-state index in [0.717, 1.165) is 17.8 Å². The van der Waals surface area contributed by atoms with Crippen molar-refractivity contribution in [1.82, 2.24) is 4.90 Å². The first-order valence-corrected chi connectivity index (χ1v) is 6.18. The third-order valence-corrected chi connectivity index (χ3v) is 3.51. The number of benzene rings is 1. The van der Waals surface area contributed by atoms with Crippen molar-refractivity contribution in [2.45, 2.75) is 26.8 Å². The molecule has 2 rings (SSSR count). The van der Waals surface area contributed by atoms with Gasteiger partial charge in [-0.1, -0.05) is 26.0 Å². The molecule has 0 saturated carbocycles. The standard InChI is InChI=1S/C14H20N2O/c1-10(2)12-7-14(17)16(9-12)8-11-4-3-5-13(15)6-11/h3-6,10,12H,7-9,15H2,1-2H3. The zero-order valence-electron chi connectivity index (χ0n) is 10.5. The second kappa shape index (κ2) is 4.78. The van der Waals surface area contributed by atoms with E-state index in [4.69, 9.17) is 5.73 Å². The number of nitrogen functional groups attached to an aromatic ring is 1. The number of carbonyl (C=O) groups is 1. The molecule has 1 saturated heterocycles. The van der Waals surface area contributed by atoms with Crippen LogP contribution in [0.15, 0.2) is 24.3 Å². The van der Waals surface area contributed by atoms with Crippen LogP contribution in [0.3, 0.4) is 0 Å². The summed E-state index contributed by atoms with van der Waals surface area (Å²) in [5.74, 6) is 1.35. The van der Waals surface area contributed by atoms with E-state index in [1.165, 1.54) is 0 Å². The lowest BCUT2D eigenvalue weighted by Gasteiger charge is -2.18. The second-order valence-electron chi connectivity index (χ2n) is 5.23. The third kappa shape index (κ3) is 2.78. The predicted molar refractivity (Wildman–Crippen MR) is 69.2 cm³/mol. The SMILES string of the molecule is CC(C)C1CC(=O)N(Cc2cccc(N)c2)C1. The van der Waals surface area contributed by atoms with Crippen molar-refractivity contribution in [2.24, 2.45) is 11.8 Å². The first-order valence-electron chi connectivity index (χ1n) is 6.18. The smallest absolute Gasteiger partial charge is 0.223 e. The molecule has 1 aromatic rings. The fourth-order valence-electron chi connectivity index (χ4n) is 2.31. The molecule has 1 fully saturated rings. The number of likely N-dealkylation sites (tertiary alicyclic amines) is 1. The van der Waals surface area contributed by atoms with E-state index in [1.54, 1.807) is 0 Å². The Morgan fingerprint density at radius 3 is 2.82 bits per heavy atom. The molecule has 1 amide bonds. The fourth-order valence-corrected chi connectivity index (χ4v) is 2.31. The molecule has 2 N–H and O–H groups in total. The molecule has 1 unspecified atom stereocenters. The van der Waals surface area contributed by atoms with Crippen LogP contribution in [-0.2, 0) is 11.3 Å². The Morgan fingerprint density at radius 2 is 2.24 bits per heavy atom. The number of nitrogens with two attached hydrogens (primary N) is 1. The summed E-state index contributed by atoms with van der Waals surface area (Å²) in [5, 5.41) is 0. The average Bonchev–Trinajstić information content (AvgIpc) is 2.61. The molecule has 3 nitrogen and oxygen atoms in total. The Morgan fingerprint density at radius 1 is 1.47 bits per heavy atom. The van der Waals surface area contributed by atoms with Crippen molar-refractivity contribution in [3.63, 3.8) is 0 Å². The van der Waals surface area contributed by atoms with E-state index < -0.39 is 0 Å². The molecule has 1 aromatic carbocycles. The van der Waals surface area contributed by atoms with Gasteiger partial charge in [0.2, 0.25) is 5.91 Å². The quantitative estimate of drug-likeness (QED) is 0.813. The molecule has 0 bridgehead atoms. The van der Waals surface area contributed by atoms with Gasteiger partial charge >= 0.3 is 0 Å². The summed E-state index contributed by atoms with van der Waals surface area (Å²) in [6.45, 7) is 5.93. The maximum atomic E-state index is 11.9. The summed E-state index contributed by atoms with van der Waals surface area (Å²) in [5.41, 5.74) is 7.61. The number of amides is 1. The van der Waals surface area contributed by atoms with E-state index >= 15 is 0 Å². The zero-order valence-corrected chi connectivity index (χ0v) is 10.5. The molecule has 1 aliphatic rings. The number of hydrogen-bond donors (Lipinski definition) is 1. The van der Waals surface area contributed by atoms with Crippen LogP contribution in [0.2, 0.25) is 0 Å². The molecule has 0 aliphatic carbocycles. The van der Waals surface area contributed by atoms with Gasteiger partial charge in [-0.2, -0.15) is 0 Å². The number of nitrogens with zero attached hydrogens (tertiary/aromatic N) is 1. The first-order chi connectivity index (χ1) is 8.06. The molecule has 0 radical (unpaired) electrons. The van der Waals surface area contributed by atoms with Crippen molar-refractivity contribution in [3.05, 3.63) is 29.8 Å². The highest BCUT2D eigenvalue weighted by Gasteiger charge is 2.31. The minimum atomic E-state index is 0.270. The first kappa shape index (κ1) is 12.0. The van der Waals surface area contributed by atoms with E-state index in [0.29, 0.717) is 24.8 Å². The Balaban J connectivity index is 2.03. The molecule has 1 heterocycles. The van der Waals surface area contributed by atoms with Gasteiger partial charge in [0.05, 0.1) is 0 Å². The average molecular weight is 232 g/mol. The van der Waals surface area contributed by atoms with Gasteiger partial charge in [0, 0.05) is 25.2 Å². The Bertz CT molecular complexity index is 414. The van der Waals surface area contributed by atoms with Crippen LogP contribution in [0.1, 0.15) is 25.8 Å². The number of carbonyl (C=O) groups excluding carboxylic acids is 1. The van der Waals surface area contributed by atoms with E-state index in [1.807, 2.05) is 29.2 Å². The molecular weight excluding hydrogens is 212 g/mol. The van der Waals surface area contributed by atoms with Crippen molar-refractivity contribution < 1.29 is 4.79 Å². The van der Waals surface area contributed by atoms with Gasteiger partial charge in [-0.05, 0) is 29.5 Å². The Hall–Kier alpha value is -1.51. The summed E-state index contributed by atoms with van der Waals surface area (Å²) in [6.07, 6.45) is 0.694. The van der Waals surface area contributed by atoms with Crippen molar-refractivity contribution >= 4 is 11.6 Å². The van der Waals surface area contributed by atoms with Crippen LogP contribution in [0.5, 0.6) is 0 Å². The lowest BCUT2D eigenvalue weighted by atomic mass is 9.95. The van der Waals surface area contributed by atoms with Gasteiger partial charge in [0.15, 0.2) is 0 Å². The predicted octanol–water partition coefficient (Wildman–Crippen LogP) is 2.27. The minimum Gasteiger partial charge on any atom is -0.399 e. The molecule has 3 heteroatoms. The topological polar surface area (TPSA) is 46.3 Å². The summed E-state index contributed by atoms with van der Waals surface area (Å²) < 4.78 is 0. The van der Waals surface area contributed by atoms with Gasteiger partial charge in [-0.25, -0.2) is 0 Å². The lowest BCUT2D eigenvalue weighted by molar-refractivity contribution is -0.128. The van der Waals surface area contributed by atoms with Crippen molar-refractivity contribution in [3.8, 4) is 0 Å². The molecular formula is C14H20N2O. The van der Waals surface area contributed by atoms with Crippen LogP contribution in [0.25, 0.3) is 0 Å². The van der Waals surface area contributed by atoms with Crippen molar-refractivity contribution in [1.29, 1.82) is 0 Å². The summed E-state index contributed by atoms with van der Waals surface area (Å²) in [4.78, 5) is 13.8. The monoisotopic (exact) mass is 232 g/mol. The molecule has 17 heavy (non-hydrogen) atoms. The van der Waals surface area contributed by atoms with Gasteiger partial charge in [-0.15, -0.1) is 0 Å². The maximum Gasteiger partial charge on any atom is 0.223 e.